The Morgan fingerprint density at radius 1 is 1.12 bits per heavy atom. The third kappa shape index (κ3) is 4.28. The first-order valence-electron chi connectivity index (χ1n) is 11.9. The van der Waals surface area contributed by atoms with Crippen LogP contribution in [-0.2, 0) is 4.79 Å². The van der Waals surface area contributed by atoms with Gasteiger partial charge in [0.05, 0.1) is 6.04 Å². The van der Waals surface area contributed by atoms with Gasteiger partial charge < -0.3 is 10.2 Å². The Bertz CT molecular complexity index is 1280. The second kappa shape index (κ2) is 9.15. The lowest BCUT2D eigenvalue weighted by Gasteiger charge is -2.29. The van der Waals surface area contributed by atoms with Crippen LogP contribution in [0.1, 0.15) is 37.8 Å². The fourth-order valence-electron chi connectivity index (χ4n) is 5.06. The molecule has 0 unspecified atom stereocenters. The summed E-state index contributed by atoms with van der Waals surface area (Å²) in [4.78, 5) is 37.1. The van der Waals surface area contributed by atoms with Crippen LogP contribution >= 0.6 is 0 Å². The molecule has 0 saturated carbocycles. The maximum Gasteiger partial charge on any atom is 0.260 e. The van der Waals surface area contributed by atoms with Crippen molar-refractivity contribution in [1.82, 2.24) is 24.4 Å². The van der Waals surface area contributed by atoms with E-state index in [1.807, 2.05) is 42.3 Å². The third-order valence-electron chi connectivity index (χ3n) is 7.05. The number of fused-ring (bicyclic) bond motifs is 1. The molecule has 178 valence electrons. The van der Waals surface area contributed by atoms with Crippen LogP contribution in [0.4, 0.5) is 5.95 Å². The fraction of sp³-hybridized carbons (Fsp3) is 0.440. The Kier molecular flexibility index (Phi) is 6.05. The molecule has 2 aromatic heterocycles. The van der Waals surface area contributed by atoms with Gasteiger partial charge in [0.1, 0.15) is 5.65 Å². The van der Waals surface area contributed by atoms with E-state index in [2.05, 4.69) is 10.3 Å². The molecule has 4 heterocycles. The molecule has 0 radical (unpaired) electrons. The van der Waals surface area contributed by atoms with Gasteiger partial charge in [-0.25, -0.2) is 9.99 Å². The minimum Gasteiger partial charge on any atom is -0.351 e. The van der Waals surface area contributed by atoms with Crippen molar-refractivity contribution < 1.29 is 4.79 Å². The van der Waals surface area contributed by atoms with Crippen molar-refractivity contribution >= 4 is 22.9 Å². The smallest absolute Gasteiger partial charge is 0.260 e. The van der Waals surface area contributed by atoms with Crippen LogP contribution in [0.15, 0.2) is 41.3 Å². The number of benzene rings is 1. The average molecular weight is 462 g/mol. The molecule has 0 spiro atoms. The predicted molar refractivity (Wildman–Crippen MR) is 132 cm³/mol. The van der Waals surface area contributed by atoms with Crippen molar-refractivity contribution in [2.45, 2.75) is 45.2 Å². The van der Waals surface area contributed by atoms with E-state index < -0.39 is 0 Å². The van der Waals surface area contributed by atoms with Crippen LogP contribution in [0.2, 0.25) is 0 Å². The number of carbonyl (C=O) groups excluding carboxylic acids is 1. The summed E-state index contributed by atoms with van der Waals surface area (Å²) in [5.41, 5.74) is 3.09. The van der Waals surface area contributed by atoms with E-state index in [-0.39, 0.29) is 23.6 Å². The number of pyridine rings is 1. The van der Waals surface area contributed by atoms with E-state index in [0.717, 1.165) is 42.4 Å². The van der Waals surface area contributed by atoms with Crippen molar-refractivity contribution in [3.05, 3.63) is 52.4 Å². The molecule has 1 amide bonds. The maximum absolute atomic E-state index is 13.9. The molecule has 9 heteroatoms. The van der Waals surface area contributed by atoms with Crippen LogP contribution < -0.4 is 16.7 Å². The largest absolute Gasteiger partial charge is 0.351 e. The summed E-state index contributed by atoms with van der Waals surface area (Å²) < 4.78 is 1.79. The minimum atomic E-state index is -0.133. The van der Waals surface area contributed by atoms with Crippen molar-refractivity contribution in [3.8, 4) is 11.1 Å². The molecule has 1 aromatic carbocycles. The van der Waals surface area contributed by atoms with Crippen LogP contribution in [0.5, 0.6) is 0 Å². The zero-order valence-electron chi connectivity index (χ0n) is 19.7. The van der Waals surface area contributed by atoms with E-state index in [1.54, 1.807) is 22.6 Å². The van der Waals surface area contributed by atoms with Gasteiger partial charge in [-0.2, -0.15) is 4.98 Å². The Labute approximate surface area is 198 Å². The number of hydrogen-bond acceptors (Lipinski definition) is 7. The number of hydrazine groups is 1. The Balaban J connectivity index is 1.60. The quantitative estimate of drug-likeness (QED) is 0.574. The molecule has 1 atom stereocenters. The zero-order valence-corrected chi connectivity index (χ0v) is 19.7. The SMILES string of the molecule is CC(=O)N1CC[C@H](n2c(=O)c(-c3ccccc3C)cc3cnc(NC4CCN(N)CC4)nc32)C1. The highest BCUT2D eigenvalue weighted by molar-refractivity contribution is 5.82. The second-order valence-corrected chi connectivity index (χ2v) is 9.38. The van der Waals surface area contributed by atoms with E-state index in [9.17, 15) is 9.59 Å². The summed E-state index contributed by atoms with van der Waals surface area (Å²) in [6.45, 7) is 6.35. The average Bonchev–Trinajstić information content (AvgIpc) is 3.31. The Hall–Kier alpha value is -3.30. The first kappa shape index (κ1) is 22.5. The molecule has 3 N–H and O–H groups in total. The van der Waals surface area contributed by atoms with Gasteiger partial charge in [0.25, 0.3) is 5.56 Å². The number of rotatable bonds is 4. The molecular weight excluding hydrogens is 430 g/mol. The topological polar surface area (TPSA) is 109 Å². The van der Waals surface area contributed by atoms with Gasteiger partial charge in [-0.3, -0.25) is 20.0 Å². The van der Waals surface area contributed by atoms with Gasteiger partial charge in [0.15, 0.2) is 0 Å². The summed E-state index contributed by atoms with van der Waals surface area (Å²) in [5, 5.41) is 6.06. The lowest BCUT2D eigenvalue weighted by atomic mass is 10.0. The summed E-state index contributed by atoms with van der Waals surface area (Å²) in [6, 6.07) is 9.89. The highest BCUT2D eigenvalue weighted by Crippen LogP contribution is 2.28. The molecule has 2 fully saturated rings. The number of carbonyl (C=O) groups is 1. The normalized spacial score (nSPS) is 19.6. The van der Waals surface area contributed by atoms with Crippen molar-refractivity contribution in [2.24, 2.45) is 5.84 Å². The van der Waals surface area contributed by atoms with E-state index >= 15 is 0 Å². The molecule has 3 aromatic rings. The summed E-state index contributed by atoms with van der Waals surface area (Å²) in [6.07, 6.45) is 4.33. The highest BCUT2D eigenvalue weighted by atomic mass is 16.2. The highest BCUT2D eigenvalue weighted by Gasteiger charge is 2.29. The van der Waals surface area contributed by atoms with Gasteiger partial charge in [0.2, 0.25) is 11.9 Å². The van der Waals surface area contributed by atoms with Gasteiger partial charge in [-0.05, 0) is 43.4 Å². The number of likely N-dealkylation sites (tertiary alicyclic amines) is 1. The van der Waals surface area contributed by atoms with Gasteiger partial charge >= 0.3 is 0 Å². The lowest BCUT2D eigenvalue weighted by Crippen LogP contribution is -2.43. The van der Waals surface area contributed by atoms with Crippen LogP contribution in [-0.4, -0.2) is 62.6 Å². The lowest BCUT2D eigenvalue weighted by molar-refractivity contribution is -0.127. The standard InChI is InChI=1S/C25H31N7O2/c1-16-5-3-4-6-21(16)22-13-18-14-27-25(28-19-7-11-31(26)12-8-19)29-23(18)32(24(22)34)20-9-10-30(15-20)17(2)33/h3-6,13-14,19-20H,7-12,15,26H2,1-2H3,(H,27,28,29)/t20-/m0/s1. The monoisotopic (exact) mass is 461 g/mol. The van der Waals surface area contributed by atoms with E-state index in [4.69, 9.17) is 10.8 Å². The van der Waals surface area contributed by atoms with E-state index in [0.29, 0.717) is 36.7 Å². The summed E-state index contributed by atoms with van der Waals surface area (Å²) in [5.74, 6) is 6.43. The number of anilines is 1. The molecule has 0 aliphatic carbocycles. The molecule has 34 heavy (non-hydrogen) atoms. The van der Waals surface area contributed by atoms with Crippen molar-refractivity contribution in [1.29, 1.82) is 0 Å². The third-order valence-corrected chi connectivity index (χ3v) is 7.05. The first-order valence-corrected chi connectivity index (χ1v) is 11.9. The molecule has 2 aliphatic rings. The van der Waals surface area contributed by atoms with Gasteiger partial charge in [-0.15, -0.1) is 0 Å². The number of aromatic nitrogens is 3. The maximum atomic E-state index is 13.9. The van der Waals surface area contributed by atoms with Gasteiger partial charge in [-0.1, -0.05) is 24.3 Å². The number of amides is 1. The minimum absolute atomic E-state index is 0.0261. The van der Waals surface area contributed by atoms with E-state index in [1.165, 1.54) is 0 Å². The number of piperidine rings is 1. The second-order valence-electron chi connectivity index (χ2n) is 9.38. The summed E-state index contributed by atoms with van der Waals surface area (Å²) in [7, 11) is 0. The van der Waals surface area contributed by atoms with Crippen LogP contribution in [0.25, 0.3) is 22.2 Å². The molecule has 2 aliphatic heterocycles. The molecular formula is C25H31N7O2. The predicted octanol–water partition coefficient (Wildman–Crippen LogP) is 2.31. The number of nitrogens with two attached hydrogens (primary N) is 1. The summed E-state index contributed by atoms with van der Waals surface area (Å²) >= 11 is 0. The molecule has 0 bridgehead atoms. The fourth-order valence-corrected chi connectivity index (χ4v) is 5.06. The number of aryl methyl sites for hydroxylation is 1. The number of nitrogens with zero attached hydrogens (tertiary/aromatic N) is 5. The van der Waals surface area contributed by atoms with Crippen molar-refractivity contribution in [2.75, 3.05) is 31.5 Å². The molecule has 5 rings (SSSR count). The molecule has 2 saturated heterocycles. The Morgan fingerprint density at radius 2 is 1.88 bits per heavy atom. The number of hydrogen-bond donors (Lipinski definition) is 2. The Morgan fingerprint density at radius 3 is 2.59 bits per heavy atom. The molecule has 9 nitrogen and oxygen atoms in total. The number of nitrogens with one attached hydrogen (secondary N) is 1. The van der Waals surface area contributed by atoms with Gasteiger partial charge in [0, 0.05) is 56.3 Å². The first-order chi connectivity index (χ1) is 16.4. The van der Waals surface area contributed by atoms with Crippen molar-refractivity contribution in [3.63, 3.8) is 0 Å². The van der Waals surface area contributed by atoms with Crippen LogP contribution in [0, 0.1) is 6.92 Å². The van der Waals surface area contributed by atoms with Crippen LogP contribution in [0.3, 0.4) is 0 Å². The zero-order chi connectivity index (χ0) is 23.8.